The van der Waals surface area contributed by atoms with Gasteiger partial charge in [0.1, 0.15) is 12.2 Å². The van der Waals surface area contributed by atoms with E-state index in [9.17, 15) is 9.59 Å². The third-order valence-electron chi connectivity index (χ3n) is 6.88. The van der Waals surface area contributed by atoms with Crippen LogP contribution in [0.2, 0.25) is 0 Å². The molecular weight excluding hydrogens is 342 g/mol. The van der Waals surface area contributed by atoms with Crippen LogP contribution in [0.3, 0.4) is 0 Å². The number of aromatic nitrogens is 3. The maximum Gasteiger partial charge on any atom is 0.226 e. The second-order valence-electron chi connectivity index (χ2n) is 8.32. The van der Waals surface area contributed by atoms with Crippen LogP contribution >= 0.6 is 0 Å². The quantitative estimate of drug-likeness (QED) is 0.809. The fourth-order valence-corrected chi connectivity index (χ4v) is 5.14. The largest absolute Gasteiger partial charge is 0.343 e. The Labute approximate surface area is 161 Å². The highest BCUT2D eigenvalue weighted by molar-refractivity contribution is 5.79. The van der Waals surface area contributed by atoms with Gasteiger partial charge in [-0.3, -0.25) is 14.3 Å². The number of nitrogens with zero attached hydrogens (tertiary/aromatic N) is 5. The first-order valence-corrected chi connectivity index (χ1v) is 10.6. The molecule has 1 atom stereocenters. The number of likely N-dealkylation sites (tertiary alicyclic amines) is 2. The summed E-state index contributed by atoms with van der Waals surface area (Å²) in [7, 11) is 0. The van der Waals surface area contributed by atoms with Crippen LogP contribution < -0.4 is 0 Å². The summed E-state index contributed by atoms with van der Waals surface area (Å²) in [5.74, 6) is 3.05. The molecule has 4 rings (SSSR count). The molecule has 7 heteroatoms. The minimum Gasteiger partial charge on any atom is -0.343 e. The van der Waals surface area contributed by atoms with Gasteiger partial charge in [0.25, 0.3) is 0 Å². The van der Waals surface area contributed by atoms with Crippen molar-refractivity contribution in [1.29, 1.82) is 0 Å². The summed E-state index contributed by atoms with van der Waals surface area (Å²) in [5, 5.41) is 4.20. The molecule has 0 radical (unpaired) electrons. The smallest absolute Gasteiger partial charge is 0.226 e. The molecule has 0 bridgehead atoms. The number of amides is 2. The van der Waals surface area contributed by atoms with E-state index in [1.807, 2.05) is 16.5 Å². The van der Waals surface area contributed by atoms with Crippen LogP contribution in [0.15, 0.2) is 6.33 Å². The fourth-order valence-electron chi connectivity index (χ4n) is 5.14. The lowest BCUT2D eigenvalue weighted by Crippen LogP contribution is -2.46. The Morgan fingerprint density at radius 1 is 0.963 bits per heavy atom. The van der Waals surface area contributed by atoms with Gasteiger partial charge >= 0.3 is 0 Å². The molecule has 3 aliphatic heterocycles. The Balaban J connectivity index is 1.25. The molecule has 2 amide bonds. The lowest BCUT2D eigenvalue weighted by atomic mass is 9.78. The topological polar surface area (TPSA) is 71.3 Å². The van der Waals surface area contributed by atoms with Crippen molar-refractivity contribution in [3.05, 3.63) is 12.2 Å². The van der Waals surface area contributed by atoms with Crippen LogP contribution in [-0.2, 0) is 22.6 Å². The Morgan fingerprint density at radius 2 is 1.59 bits per heavy atom. The van der Waals surface area contributed by atoms with E-state index in [0.717, 1.165) is 83.0 Å². The van der Waals surface area contributed by atoms with Crippen molar-refractivity contribution in [3.8, 4) is 0 Å². The second-order valence-corrected chi connectivity index (χ2v) is 8.32. The molecule has 0 aromatic carbocycles. The predicted octanol–water partition coefficient (Wildman–Crippen LogP) is 1.73. The zero-order valence-electron chi connectivity index (χ0n) is 16.3. The summed E-state index contributed by atoms with van der Waals surface area (Å²) in [4.78, 5) is 33.2. The number of carbonyl (C=O) groups excluding carboxylic acids is 2. The van der Waals surface area contributed by atoms with Crippen molar-refractivity contribution in [2.75, 3.05) is 26.2 Å². The van der Waals surface area contributed by atoms with E-state index >= 15 is 0 Å². The molecule has 3 aliphatic rings. The standard InChI is InChI=1S/C20H31N5O2/c1-2-19(26)23-8-3-15(4-9-23)16-5-10-24(11-6-16)20(27)17-7-12-25-18(13-17)21-14-22-25/h14-17H,2-13H2,1H3. The van der Waals surface area contributed by atoms with Crippen molar-refractivity contribution >= 4 is 11.8 Å². The summed E-state index contributed by atoms with van der Waals surface area (Å²) < 4.78 is 1.92. The van der Waals surface area contributed by atoms with Gasteiger partial charge in [-0.25, -0.2) is 4.98 Å². The number of piperidine rings is 2. The first kappa shape index (κ1) is 18.4. The van der Waals surface area contributed by atoms with Gasteiger partial charge in [0.15, 0.2) is 0 Å². The maximum absolute atomic E-state index is 12.9. The molecule has 0 aliphatic carbocycles. The highest BCUT2D eigenvalue weighted by Gasteiger charge is 2.34. The van der Waals surface area contributed by atoms with Gasteiger partial charge in [0.2, 0.25) is 11.8 Å². The zero-order valence-corrected chi connectivity index (χ0v) is 16.3. The zero-order chi connectivity index (χ0) is 18.8. The average Bonchev–Trinajstić information content (AvgIpc) is 3.21. The Bertz CT molecular complexity index is 672. The number of hydrogen-bond donors (Lipinski definition) is 0. The van der Waals surface area contributed by atoms with Gasteiger partial charge < -0.3 is 9.80 Å². The van der Waals surface area contributed by atoms with E-state index in [1.54, 1.807) is 6.33 Å². The molecule has 27 heavy (non-hydrogen) atoms. The van der Waals surface area contributed by atoms with Crippen LogP contribution in [0.4, 0.5) is 0 Å². The van der Waals surface area contributed by atoms with Crippen molar-refractivity contribution in [1.82, 2.24) is 24.6 Å². The molecule has 7 nitrogen and oxygen atoms in total. The monoisotopic (exact) mass is 373 g/mol. The SMILES string of the molecule is CCC(=O)N1CCC(C2CCN(C(=O)C3CCn4ncnc4C3)CC2)CC1. The van der Waals surface area contributed by atoms with Crippen LogP contribution in [0.1, 0.15) is 51.3 Å². The third kappa shape index (κ3) is 3.87. The van der Waals surface area contributed by atoms with E-state index in [-0.39, 0.29) is 11.8 Å². The normalized spacial score (nSPS) is 24.7. The van der Waals surface area contributed by atoms with E-state index in [2.05, 4.69) is 15.0 Å². The molecule has 1 aromatic rings. The Morgan fingerprint density at radius 3 is 2.22 bits per heavy atom. The molecular formula is C20H31N5O2. The van der Waals surface area contributed by atoms with Gasteiger partial charge in [-0.1, -0.05) is 6.92 Å². The molecule has 148 valence electrons. The molecule has 4 heterocycles. The van der Waals surface area contributed by atoms with Gasteiger partial charge in [-0.05, 0) is 43.9 Å². The summed E-state index contributed by atoms with van der Waals surface area (Å²) in [6.07, 6.45) is 8.28. The van der Waals surface area contributed by atoms with Gasteiger partial charge in [-0.2, -0.15) is 5.10 Å². The van der Waals surface area contributed by atoms with E-state index < -0.39 is 0 Å². The van der Waals surface area contributed by atoms with E-state index in [4.69, 9.17) is 0 Å². The van der Waals surface area contributed by atoms with E-state index in [0.29, 0.717) is 18.2 Å². The van der Waals surface area contributed by atoms with Crippen molar-refractivity contribution in [2.24, 2.45) is 17.8 Å². The fraction of sp³-hybridized carbons (Fsp3) is 0.800. The highest BCUT2D eigenvalue weighted by atomic mass is 16.2. The number of rotatable bonds is 3. The predicted molar refractivity (Wildman–Crippen MR) is 101 cm³/mol. The van der Waals surface area contributed by atoms with Crippen LogP contribution in [0, 0.1) is 17.8 Å². The first-order valence-electron chi connectivity index (χ1n) is 10.6. The molecule has 0 saturated carbocycles. The van der Waals surface area contributed by atoms with Crippen molar-refractivity contribution in [2.45, 2.75) is 58.4 Å². The molecule has 0 spiro atoms. The van der Waals surface area contributed by atoms with Crippen LogP contribution in [0.25, 0.3) is 0 Å². The first-order chi connectivity index (χ1) is 13.2. The van der Waals surface area contributed by atoms with Gasteiger partial charge in [0.05, 0.1) is 0 Å². The van der Waals surface area contributed by atoms with Crippen molar-refractivity contribution in [3.63, 3.8) is 0 Å². The third-order valence-corrected chi connectivity index (χ3v) is 6.88. The Hall–Kier alpha value is -1.92. The number of aryl methyl sites for hydroxylation is 1. The molecule has 1 aromatic heterocycles. The van der Waals surface area contributed by atoms with Gasteiger partial charge in [-0.15, -0.1) is 0 Å². The number of hydrogen-bond acceptors (Lipinski definition) is 4. The number of carbonyl (C=O) groups is 2. The summed E-state index contributed by atoms with van der Waals surface area (Å²) in [6.45, 7) is 6.36. The molecule has 2 saturated heterocycles. The minimum absolute atomic E-state index is 0.0709. The van der Waals surface area contributed by atoms with Crippen LogP contribution in [0.5, 0.6) is 0 Å². The van der Waals surface area contributed by atoms with Gasteiger partial charge in [0, 0.05) is 51.5 Å². The second kappa shape index (κ2) is 7.98. The van der Waals surface area contributed by atoms with Crippen LogP contribution in [-0.4, -0.2) is 62.6 Å². The van der Waals surface area contributed by atoms with E-state index in [1.165, 1.54) is 0 Å². The summed E-state index contributed by atoms with van der Waals surface area (Å²) >= 11 is 0. The summed E-state index contributed by atoms with van der Waals surface area (Å²) in [5.41, 5.74) is 0. The molecule has 0 N–H and O–H groups in total. The molecule has 1 unspecified atom stereocenters. The average molecular weight is 374 g/mol. The molecule has 2 fully saturated rings. The Kier molecular flexibility index (Phi) is 5.45. The van der Waals surface area contributed by atoms with Crippen molar-refractivity contribution < 1.29 is 9.59 Å². The summed E-state index contributed by atoms with van der Waals surface area (Å²) in [6, 6.07) is 0. The minimum atomic E-state index is 0.0709. The lowest BCUT2D eigenvalue weighted by molar-refractivity contribution is -0.138. The number of fused-ring (bicyclic) bond motifs is 1. The maximum atomic E-state index is 12.9. The lowest BCUT2D eigenvalue weighted by Gasteiger charge is -2.41. The highest BCUT2D eigenvalue weighted by Crippen LogP contribution is 2.33.